The van der Waals surface area contributed by atoms with E-state index in [0.717, 1.165) is 22.9 Å². The topological polar surface area (TPSA) is 42.4 Å². The number of benzene rings is 1. The van der Waals surface area contributed by atoms with Gasteiger partial charge in [0, 0.05) is 11.5 Å². The van der Waals surface area contributed by atoms with Crippen LogP contribution in [0.4, 0.5) is 0 Å². The van der Waals surface area contributed by atoms with Gasteiger partial charge in [-0.15, -0.1) is 0 Å². The van der Waals surface area contributed by atoms with Crippen molar-refractivity contribution in [1.29, 1.82) is 0 Å². The van der Waals surface area contributed by atoms with E-state index in [2.05, 4.69) is 4.98 Å². The van der Waals surface area contributed by atoms with Crippen molar-refractivity contribution in [3.05, 3.63) is 35.9 Å². The predicted octanol–water partition coefficient (Wildman–Crippen LogP) is 2.52. The first kappa shape index (κ1) is 10.9. The van der Waals surface area contributed by atoms with Crippen molar-refractivity contribution in [3.8, 4) is 5.88 Å². The molecule has 0 aliphatic rings. The Labute approximate surface area is 94.7 Å². The van der Waals surface area contributed by atoms with Crippen molar-refractivity contribution < 1.29 is 9.84 Å². The maximum absolute atomic E-state index is 9.30. The summed E-state index contributed by atoms with van der Waals surface area (Å²) in [5, 5.41) is 10.3. The Hall–Kier alpha value is -1.61. The van der Waals surface area contributed by atoms with Gasteiger partial charge in [0.1, 0.15) is 0 Å². The zero-order valence-electron chi connectivity index (χ0n) is 9.31. The second-order valence-electron chi connectivity index (χ2n) is 3.64. The van der Waals surface area contributed by atoms with E-state index >= 15 is 0 Å². The minimum atomic E-state index is 0.00547. The molecule has 1 aromatic heterocycles. The molecule has 0 unspecified atom stereocenters. The molecular weight excluding hydrogens is 202 g/mol. The van der Waals surface area contributed by atoms with Gasteiger partial charge in [0.2, 0.25) is 5.88 Å². The summed E-state index contributed by atoms with van der Waals surface area (Å²) in [6, 6.07) is 9.55. The smallest absolute Gasteiger partial charge is 0.214 e. The van der Waals surface area contributed by atoms with Gasteiger partial charge in [-0.3, -0.25) is 0 Å². The third-order valence-electron chi connectivity index (χ3n) is 2.40. The molecule has 1 aromatic carbocycles. The highest BCUT2D eigenvalue weighted by atomic mass is 16.5. The van der Waals surface area contributed by atoms with Gasteiger partial charge in [0.25, 0.3) is 0 Å². The molecule has 3 heteroatoms. The van der Waals surface area contributed by atoms with Crippen LogP contribution in [0.2, 0.25) is 0 Å². The van der Waals surface area contributed by atoms with Crippen LogP contribution in [-0.2, 0) is 6.61 Å². The molecule has 3 nitrogen and oxygen atoms in total. The molecule has 2 rings (SSSR count). The van der Waals surface area contributed by atoms with Gasteiger partial charge in [-0.1, -0.05) is 25.1 Å². The number of aliphatic hydroxyl groups is 1. The van der Waals surface area contributed by atoms with E-state index in [0.29, 0.717) is 12.5 Å². The fraction of sp³-hybridized carbons (Fsp3) is 0.308. The largest absolute Gasteiger partial charge is 0.478 e. The van der Waals surface area contributed by atoms with Crippen LogP contribution < -0.4 is 4.74 Å². The first-order valence-electron chi connectivity index (χ1n) is 5.47. The van der Waals surface area contributed by atoms with Crippen LogP contribution >= 0.6 is 0 Å². The van der Waals surface area contributed by atoms with Gasteiger partial charge >= 0.3 is 0 Å². The molecular formula is C13H15NO2. The monoisotopic (exact) mass is 217 g/mol. The third-order valence-corrected chi connectivity index (χ3v) is 2.40. The number of pyridine rings is 1. The molecule has 0 amide bonds. The number of para-hydroxylation sites is 1. The van der Waals surface area contributed by atoms with Crippen LogP contribution in [0.15, 0.2) is 30.3 Å². The number of nitrogens with zero attached hydrogens (tertiary/aromatic N) is 1. The van der Waals surface area contributed by atoms with Crippen LogP contribution in [0.1, 0.15) is 18.9 Å². The lowest BCUT2D eigenvalue weighted by Gasteiger charge is -2.08. The molecule has 2 aromatic rings. The summed E-state index contributed by atoms with van der Waals surface area (Å²) in [6.07, 6.45) is 0.947. The summed E-state index contributed by atoms with van der Waals surface area (Å²) in [7, 11) is 0. The summed E-state index contributed by atoms with van der Waals surface area (Å²) in [5.41, 5.74) is 1.72. The quantitative estimate of drug-likeness (QED) is 0.855. The summed E-state index contributed by atoms with van der Waals surface area (Å²) in [5.74, 6) is 0.588. The highest BCUT2D eigenvalue weighted by molar-refractivity contribution is 5.82. The first-order valence-corrected chi connectivity index (χ1v) is 5.47. The molecule has 0 bridgehead atoms. The van der Waals surface area contributed by atoms with Crippen LogP contribution in [0.3, 0.4) is 0 Å². The maximum atomic E-state index is 9.30. The highest BCUT2D eigenvalue weighted by Crippen LogP contribution is 2.21. The Morgan fingerprint density at radius 2 is 2.12 bits per heavy atom. The fourth-order valence-electron chi connectivity index (χ4n) is 1.63. The predicted molar refractivity (Wildman–Crippen MR) is 63.5 cm³/mol. The third kappa shape index (κ3) is 2.14. The second-order valence-corrected chi connectivity index (χ2v) is 3.64. The lowest BCUT2D eigenvalue weighted by atomic mass is 10.1. The van der Waals surface area contributed by atoms with Gasteiger partial charge in [-0.25, -0.2) is 4.98 Å². The normalized spacial score (nSPS) is 10.6. The van der Waals surface area contributed by atoms with Crippen molar-refractivity contribution in [2.75, 3.05) is 6.61 Å². The summed E-state index contributed by atoms with van der Waals surface area (Å²) in [4.78, 5) is 4.39. The lowest BCUT2D eigenvalue weighted by Crippen LogP contribution is -1.99. The number of rotatable bonds is 4. The number of fused-ring (bicyclic) bond motifs is 1. The highest BCUT2D eigenvalue weighted by Gasteiger charge is 2.04. The van der Waals surface area contributed by atoms with Gasteiger partial charge in [0.15, 0.2) is 0 Å². The molecule has 0 radical (unpaired) electrons. The van der Waals surface area contributed by atoms with Crippen molar-refractivity contribution in [1.82, 2.24) is 4.98 Å². The van der Waals surface area contributed by atoms with Gasteiger partial charge in [-0.2, -0.15) is 0 Å². The average Bonchev–Trinajstić information content (AvgIpc) is 2.35. The van der Waals surface area contributed by atoms with E-state index < -0.39 is 0 Å². The zero-order chi connectivity index (χ0) is 11.4. The Balaban J connectivity index is 2.46. The second kappa shape index (κ2) is 4.94. The SMILES string of the molecule is CCCOc1cc(CO)c2ccccc2n1. The van der Waals surface area contributed by atoms with Gasteiger partial charge in [-0.05, 0) is 18.1 Å². The van der Waals surface area contributed by atoms with Crippen molar-refractivity contribution in [2.45, 2.75) is 20.0 Å². The maximum Gasteiger partial charge on any atom is 0.214 e. The van der Waals surface area contributed by atoms with Crippen LogP contribution in [0.25, 0.3) is 10.9 Å². The van der Waals surface area contributed by atoms with E-state index in [9.17, 15) is 5.11 Å². The van der Waals surface area contributed by atoms with E-state index in [1.165, 1.54) is 0 Å². The standard InChI is InChI=1S/C13H15NO2/c1-2-7-16-13-8-10(9-15)11-5-3-4-6-12(11)14-13/h3-6,8,15H,2,7,9H2,1H3. The van der Waals surface area contributed by atoms with Crippen molar-refractivity contribution in [3.63, 3.8) is 0 Å². The number of ether oxygens (including phenoxy) is 1. The van der Waals surface area contributed by atoms with Gasteiger partial charge in [0.05, 0.1) is 18.7 Å². The number of aromatic nitrogens is 1. The van der Waals surface area contributed by atoms with E-state index in [-0.39, 0.29) is 6.61 Å². The molecule has 0 aliphatic carbocycles. The summed E-state index contributed by atoms with van der Waals surface area (Å²) in [6.45, 7) is 2.70. The summed E-state index contributed by atoms with van der Waals surface area (Å²) < 4.78 is 5.48. The first-order chi connectivity index (χ1) is 7.85. The molecule has 0 saturated heterocycles. The number of aliphatic hydroxyl groups excluding tert-OH is 1. The zero-order valence-corrected chi connectivity index (χ0v) is 9.31. The Morgan fingerprint density at radius 1 is 1.31 bits per heavy atom. The Kier molecular flexibility index (Phi) is 3.37. The Bertz CT molecular complexity index is 482. The summed E-state index contributed by atoms with van der Waals surface area (Å²) >= 11 is 0. The molecule has 0 fully saturated rings. The van der Waals surface area contributed by atoms with Crippen LogP contribution in [0, 0.1) is 0 Å². The average molecular weight is 217 g/mol. The van der Waals surface area contributed by atoms with Crippen molar-refractivity contribution >= 4 is 10.9 Å². The molecule has 1 heterocycles. The van der Waals surface area contributed by atoms with Crippen LogP contribution in [0.5, 0.6) is 5.88 Å². The van der Waals surface area contributed by atoms with E-state index in [1.54, 1.807) is 6.07 Å². The molecule has 1 N–H and O–H groups in total. The van der Waals surface area contributed by atoms with Crippen LogP contribution in [-0.4, -0.2) is 16.7 Å². The molecule has 16 heavy (non-hydrogen) atoms. The van der Waals surface area contributed by atoms with Gasteiger partial charge < -0.3 is 9.84 Å². The molecule has 84 valence electrons. The molecule has 0 saturated carbocycles. The molecule has 0 spiro atoms. The molecule has 0 aliphatic heterocycles. The number of hydrogen-bond donors (Lipinski definition) is 1. The minimum absolute atomic E-state index is 0.00547. The minimum Gasteiger partial charge on any atom is -0.478 e. The lowest BCUT2D eigenvalue weighted by molar-refractivity contribution is 0.279. The van der Waals surface area contributed by atoms with E-state index in [4.69, 9.17) is 4.74 Å². The Morgan fingerprint density at radius 3 is 2.88 bits per heavy atom. The van der Waals surface area contributed by atoms with Crippen molar-refractivity contribution in [2.24, 2.45) is 0 Å². The fourth-order valence-corrected chi connectivity index (χ4v) is 1.63. The van der Waals surface area contributed by atoms with E-state index in [1.807, 2.05) is 31.2 Å². The number of hydrogen-bond acceptors (Lipinski definition) is 3. The molecule has 0 atom stereocenters.